The van der Waals surface area contributed by atoms with E-state index in [0.29, 0.717) is 17.1 Å². The van der Waals surface area contributed by atoms with Crippen molar-refractivity contribution < 1.29 is 9.53 Å². The van der Waals surface area contributed by atoms with Crippen LogP contribution < -0.4 is 10.1 Å². The van der Waals surface area contributed by atoms with Crippen LogP contribution in [0.3, 0.4) is 0 Å². The minimum atomic E-state index is -0.252. The molecule has 0 aliphatic carbocycles. The molecule has 0 bridgehead atoms. The Balaban J connectivity index is 1.76. The normalized spacial score (nSPS) is 10.8. The predicted molar refractivity (Wildman–Crippen MR) is 101 cm³/mol. The van der Waals surface area contributed by atoms with Crippen molar-refractivity contribution >= 4 is 33.8 Å². The van der Waals surface area contributed by atoms with Gasteiger partial charge in [0.05, 0.1) is 35.7 Å². The Hall–Kier alpha value is -3.26. The molecule has 1 aromatic carbocycles. The first-order valence-corrected chi connectivity index (χ1v) is 8.72. The first-order chi connectivity index (χ1) is 12.6. The van der Waals surface area contributed by atoms with Crippen molar-refractivity contribution in [2.24, 2.45) is 0 Å². The molecule has 26 heavy (non-hydrogen) atoms. The van der Waals surface area contributed by atoms with Crippen LogP contribution in [0.2, 0.25) is 0 Å². The molecule has 0 aliphatic rings. The molecule has 130 valence electrons. The van der Waals surface area contributed by atoms with Crippen molar-refractivity contribution in [3.63, 3.8) is 0 Å². The average molecular weight is 365 g/mol. The van der Waals surface area contributed by atoms with Gasteiger partial charge in [-0.3, -0.25) is 14.9 Å². The molecule has 0 unspecified atom stereocenters. The number of methoxy groups -OCH3 is 1. The van der Waals surface area contributed by atoms with Crippen LogP contribution in [0.15, 0.2) is 42.2 Å². The second-order valence-electron chi connectivity index (χ2n) is 5.67. The number of ether oxygens (including phenoxy) is 1. The SMILES string of the molecule is COc1cncc(-c2cc(NC(=O)c3csc(C)n3)c3cn[nH]c3c2)c1. The third-order valence-corrected chi connectivity index (χ3v) is 4.71. The summed E-state index contributed by atoms with van der Waals surface area (Å²) in [4.78, 5) is 20.9. The van der Waals surface area contributed by atoms with Crippen LogP contribution in [0.5, 0.6) is 5.75 Å². The van der Waals surface area contributed by atoms with E-state index in [4.69, 9.17) is 4.74 Å². The lowest BCUT2D eigenvalue weighted by Crippen LogP contribution is -2.12. The van der Waals surface area contributed by atoms with Crippen LogP contribution in [-0.4, -0.2) is 33.2 Å². The van der Waals surface area contributed by atoms with Crippen LogP contribution in [0.1, 0.15) is 15.5 Å². The molecule has 0 spiro atoms. The van der Waals surface area contributed by atoms with Crippen LogP contribution >= 0.6 is 11.3 Å². The molecule has 3 heterocycles. The molecule has 3 aromatic heterocycles. The van der Waals surface area contributed by atoms with E-state index in [1.807, 2.05) is 25.1 Å². The number of pyridine rings is 1. The van der Waals surface area contributed by atoms with Gasteiger partial charge < -0.3 is 10.1 Å². The number of aryl methyl sites for hydroxylation is 1. The molecule has 0 fully saturated rings. The number of amides is 1. The Labute approximate surface area is 153 Å². The summed E-state index contributed by atoms with van der Waals surface area (Å²) in [6.07, 6.45) is 5.08. The number of hydrogen-bond acceptors (Lipinski definition) is 6. The number of aromatic amines is 1. The van der Waals surface area contributed by atoms with Gasteiger partial charge in [0.15, 0.2) is 0 Å². The molecule has 2 N–H and O–H groups in total. The Morgan fingerprint density at radius 3 is 2.85 bits per heavy atom. The van der Waals surface area contributed by atoms with Crippen LogP contribution in [-0.2, 0) is 0 Å². The molecule has 7 nitrogen and oxygen atoms in total. The molecule has 0 saturated heterocycles. The van der Waals surface area contributed by atoms with E-state index < -0.39 is 0 Å². The first-order valence-electron chi connectivity index (χ1n) is 7.84. The van der Waals surface area contributed by atoms with Gasteiger partial charge in [0.2, 0.25) is 0 Å². The molecule has 1 amide bonds. The minimum absolute atomic E-state index is 0.252. The van der Waals surface area contributed by atoms with Crippen LogP contribution in [0.25, 0.3) is 22.0 Å². The maximum atomic E-state index is 12.5. The van der Waals surface area contributed by atoms with Gasteiger partial charge in [-0.15, -0.1) is 11.3 Å². The number of anilines is 1. The molecule has 4 rings (SSSR count). The second kappa shape index (κ2) is 6.57. The summed E-state index contributed by atoms with van der Waals surface area (Å²) >= 11 is 1.44. The number of nitrogens with one attached hydrogen (secondary N) is 2. The standard InChI is InChI=1S/C18H15N5O2S/c1-10-21-17(9-26-10)18(24)22-15-4-11(5-16-14(15)8-20-23-16)12-3-13(25-2)7-19-6-12/h3-9H,1-2H3,(H,20,23)(H,22,24). The zero-order valence-corrected chi connectivity index (χ0v) is 14.9. The van der Waals surface area contributed by atoms with E-state index >= 15 is 0 Å². The van der Waals surface area contributed by atoms with Gasteiger partial charge in [0.25, 0.3) is 5.91 Å². The summed E-state index contributed by atoms with van der Waals surface area (Å²) in [6, 6.07) is 5.74. The fourth-order valence-corrected chi connectivity index (χ4v) is 3.26. The van der Waals surface area contributed by atoms with E-state index in [0.717, 1.165) is 27.0 Å². The zero-order chi connectivity index (χ0) is 18.1. The number of H-pyrrole nitrogens is 1. The molecule has 8 heteroatoms. The first kappa shape index (κ1) is 16.2. The monoisotopic (exact) mass is 365 g/mol. The number of rotatable bonds is 4. The number of benzene rings is 1. The lowest BCUT2D eigenvalue weighted by molar-refractivity contribution is 0.102. The Morgan fingerprint density at radius 1 is 1.19 bits per heavy atom. The lowest BCUT2D eigenvalue weighted by Gasteiger charge is -2.09. The van der Waals surface area contributed by atoms with Crippen molar-refractivity contribution in [2.45, 2.75) is 6.92 Å². The third-order valence-electron chi connectivity index (χ3n) is 3.94. The Kier molecular flexibility index (Phi) is 4.10. The maximum Gasteiger partial charge on any atom is 0.275 e. The van der Waals surface area contributed by atoms with Gasteiger partial charge in [-0.2, -0.15) is 5.10 Å². The summed E-state index contributed by atoms with van der Waals surface area (Å²) in [6.45, 7) is 1.87. The van der Waals surface area contributed by atoms with Gasteiger partial charge in [-0.1, -0.05) is 0 Å². The number of hydrogen-bond donors (Lipinski definition) is 2. The summed E-state index contributed by atoms with van der Waals surface area (Å²) in [5, 5.41) is 13.4. The molecule has 4 aromatic rings. The number of aromatic nitrogens is 4. The second-order valence-corrected chi connectivity index (χ2v) is 6.74. The van der Waals surface area contributed by atoms with E-state index in [2.05, 4.69) is 25.5 Å². The van der Waals surface area contributed by atoms with Crippen molar-refractivity contribution in [3.05, 3.63) is 52.9 Å². The molecular weight excluding hydrogens is 350 g/mol. The van der Waals surface area contributed by atoms with E-state index in [1.54, 1.807) is 31.1 Å². The molecule has 0 aliphatic heterocycles. The number of carbonyl (C=O) groups is 1. The van der Waals surface area contributed by atoms with E-state index in [9.17, 15) is 4.79 Å². The number of carbonyl (C=O) groups excluding carboxylic acids is 1. The number of fused-ring (bicyclic) bond motifs is 1. The van der Waals surface area contributed by atoms with Gasteiger partial charge in [-0.25, -0.2) is 4.98 Å². The summed E-state index contributed by atoms with van der Waals surface area (Å²) in [7, 11) is 1.60. The Morgan fingerprint density at radius 2 is 2.08 bits per heavy atom. The van der Waals surface area contributed by atoms with Gasteiger partial charge in [0, 0.05) is 22.5 Å². The van der Waals surface area contributed by atoms with Gasteiger partial charge in [-0.05, 0) is 30.7 Å². The zero-order valence-electron chi connectivity index (χ0n) is 14.1. The molecule has 0 radical (unpaired) electrons. The lowest BCUT2D eigenvalue weighted by atomic mass is 10.0. The van der Waals surface area contributed by atoms with Crippen molar-refractivity contribution in [1.82, 2.24) is 20.2 Å². The third kappa shape index (κ3) is 3.02. The summed E-state index contributed by atoms with van der Waals surface area (Å²) in [5.41, 5.74) is 3.64. The topological polar surface area (TPSA) is 92.8 Å². The number of nitrogens with zero attached hydrogens (tertiary/aromatic N) is 3. The quantitative estimate of drug-likeness (QED) is 0.576. The van der Waals surface area contributed by atoms with Gasteiger partial charge in [0.1, 0.15) is 11.4 Å². The largest absolute Gasteiger partial charge is 0.495 e. The van der Waals surface area contributed by atoms with Crippen LogP contribution in [0, 0.1) is 6.92 Å². The molecular formula is C18H15N5O2S. The summed E-state index contributed by atoms with van der Waals surface area (Å²) in [5.74, 6) is 0.411. The Bertz CT molecular complexity index is 1100. The highest BCUT2D eigenvalue weighted by atomic mass is 32.1. The van der Waals surface area contributed by atoms with Crippen molar-refractivity contribution in [1.29, 1.82) is 0 Å². The van der Waals surface area contributed by atoms with Crippen molar-refractivity contribution in [3.8, 4) is 16.9 Å². The fraction of sp³-hybridized carbons (Fsp3) is 0.111. The minimum Gasteiger partial charge on any atom is -0.495 e. The maximum absolute atomic E-state index is 12.5. The predicted octanol–water partition coefficient (Wildman–Crippen LogP) is 3.65. The van der Waals surface area contributed by atoms with Gasteiger partial charge >= 0.3 is 0 Å². The molecule has 0 atom stereocenters. The van der Waals surface area contributed by atoms with E-state index in [-0.39, 0.29) is 5.91 Å². The highest BCUT2D eigenvalue weighted by Crippen LogP contribution is 2.31. The highest BCUT2D eigenvalue weighted by Gasteiger charge is 2.14. The van der Waals surface area contributed by atoms with Crippen LogP contribution in [0.4, 0.5) is 5.69 Å². The van der Waals surface area contributed by atoms with E-state index in [1.165, 1.54) is 11.3 Å². The highest BCUT2D eigenvalue weighted by molar-refractivity contribution is 7.09. The molecule has 0 saturated carbocycles. The fourth-order valence-electron chi connectivity index (χ4n) is 2.66. The number of thiazole rings is 1. The van der Waals surface area contributed by atoms with Crippen molar-refractivity contribution in [2.75, 3.05) is 12.4 Å². The average Bonchev–Trinajstić information content (AvgIpc) is 3.30. The smallest absolute Gasteiger partial charge is 0.275 e. The summed E-state index contributed by atoms with van der Waals surface area (Å²) < 4.78 is 5.24.